The van der Waals surface area contributed by atoms with Crippen LogP contribution >= 0.6 is 23.5 Å². The van der Waals surface area contributed by atoms with Gasteiger partial charge in [0.05, 0.1) is 5.69 Å². The molecule has 0 bridgehead atoms. The van der Waals surface area contributed by atoms with Crippen LogP contribution in [0.4, 0.5) is 5.69 Å². The molecule has 0 aliphatic carbocycles. The van der Waals surface area contributed by atoms with E-state index in [9.17, 15) is 0 Å². The molecule has 0 spiro atoms. The van der Waals surface area contributed by atoms with Gasteiger partial charge in [0.1, 0.15) is 5.04 Å². The molecule has 0 atom stereocenters. The van der Waals surface area contributed by atoms with Crippen molar-refractivity contribution in [3.8, 4) is 0 Å². The van der Waals surface area contributed by atoms with E-state index in [1.54, 1.807) is 23.5 Å². The molecule has 0 heterocycles. The van der Waals surface area contributed by atoms with Gasteiger partial charge in [0.25, 0.3) is 0 Å². The van der Waals surface area contributed by atoms with E-state index < -0.39 is 0 Å². The summed E-state index contributed by atoms with van der Waals surface area (Å²) in [6.07, 6.45) is 2.16. The molecule has 124 valence electrons. The summed E-state index contributed by atoms with van der Waals surface area (Å²) in [6, 6.07) is 30.9. The zero-order chi connectivity index (χ0) is 17.3. The molecule has 0 aliphatic rings. The highest BCUT2D eigenvalue weighted by Gasteiger charge is 2.03. The Morgan fingerprint density at radius 3 is 1.72 bits per heavy atom. The summed E-state index contributed by atoms with van der Waals surface area (Å²) in [6.45, 7) is 2.13. The second-order valence-corrected chi connectivity index (χ2v) is 7.78. The van der Waals surface area contributed by atoms with E-state index in [1.807, 2.05) is 42.5 Å². The summed E-state index contributed by atoms with van der Waals surface area (Å²) in [5.74, 6) is 0. The van der Waals surface area contributed by atoms with Crippen LogP contribution in [-0.2, 0) is 0 Å². The zero-order valence-electron chi connectivity index (χ0n) is 14.0. The van der Waals surface area contributed by atoms with Crippen molar-refractivity contribution >= 4 is 34.3 Å². The third-order valence-electron chi connectivity index (χ3n) is 3.31. The van der Waals surface area contributed by atoms with E-state index >= 15 is 0 Å². The Morgan fingerprint density at radius 1 is 0.680 bits per heavy atom. The molecule has 0 saturated heterocycles. The number of para-hydroxylation sites is 1. The Hall–Kier alpha value is -2.23. The van der Waals surface area contributed by atoms with E-state index in [1.165, 1.54) is 14.7 Å². The third kappa shape index (κ3) is 5.96. The molecule has 3 rings (SSSR count). The standard InChI is InChI=1S/C22H19NS2/c1-18(24-20-13-7-3-8-14-20)17-22(23-19-11-5-2-6-12-19)25-21-15-9-4-10-16-21/h2-17H,1H3/b18-17-,23-22-. The molecule has 0 aromatic heterocycles. The summed E-state index contributed by atoms with van der Waals surface area (Å²) in [5, 5.41) is 0.985. The van der Waals surface area contributed by atoms with Crippen molar-refractivity contribution in [3.63, 3.8) is 0 Å². The first-order chi connectivity index (χ1) is 12.3. The molecule has 3 aromatic carbocycles. The molecule has 0 saturated carbocycles. The van der Waals surface area contributed by atoms with Gasteiger partial charge in [-0.2, -0.15) is 0 Å². The summed E-state index contributed by atoms with van der Waals surface area (Å²) < 4.78 is 0. The van der Waals surface area contributed by atoms with Crippen molar-refractivity contribution in [1.29, 1.82) is 0 Å². The molecule has 3 aromatic rings. The van der Waals surface area contributed by atoms with E-state index in [0.717, 1.165) is 10.7 Å². The minimum atomic E-state index is 0.967. The van der Waals surface area contributed by atoms with Crippen molar-refractivity contribution in [2.24, 2.45) is 4.99 Å². The van der Waals surface area contributed by atoms with Gasteiger partial charge in [-0.1, -0.05) is 78.1 Å². The molecule has 0 N–H and O–H groups in total. The Morgan fingerprint density at radius 2 is 1.16 bits per heavy atom. The van der Waals surface area contributed by atoms with Crippen molar-refractivity contribution in [2.45, 2.75) is 16.7 Å². The van der Waals surface area contributed by atoms with Crippen molar-refractivity contribution in [3.05, 3.63) is 102 Å². The van der Waals surface area contributed by atoms with Gasteiger partial charge in [-0.25, -0.2) is 4.99 Å². The van der Waals surface area contributed by atoms with Gasteiger partial charge in [-0.05, 0) is 54.3 Å². The average Bonchev–Trinajstić information content (AvgIpc) is 2.64. The number of hydrogen-bond donors (Lipinski definition) is 0. The van der Waals surface area contributed by atoms with Gasteiger partial charge >= 0.3 is 0 Å². The predicted molar refractivity (Wildman–Crippen MR) is 112 cm³/mol. The number of rotatable bonds is 5. The second kappa shape index (κ2) is 9.30. The van der Waals surface area contributed by atoms with Gasteiger partial charge in [0.2, 0.25) is 0 Å². The van der Waals surface area contributed by atoms with Crippen LogP contribution in [0.5, 0.6) is 0 Å². The number of benzene rings is 3. The maximum Gasteiger partial charge on any atom is 0.102 e. The first-order valence-corrected chi connectivity index (χ1v) is 9.71. The van der Waals surface area contributed by atoms with Gasteiger partial charge in [0, 0.05) is 9.79 Å². The lowest BCUT2D eigenvalue weighted by molar-refractivity contribution is 1.46. The highest BCUT2D eigenvalue weighted by molar-refractivity contribution is 8.14. The van der Waals surface area contributed by atoms with Crippen LogP contribution in [0.1, 0.15) is 6.92 Å². The third-order valence-corrected chi connectivity index (χ3v) is 5.18. The van der Waals surface area contributed by atoms with Crippen LogP contribution in [0, 0.1) is 0 Å². The van der Waals surface area contributed by atoms with Gasteiger partial charge in [-0.3, -0.25) is 0 Å². The molecular weight excluding hydrogens is 342 g/mol. The van der Waals surface area contributed by atoms with Crippen molar-refractivity contribution in [1.82, 2.24) is 0 Å². The SMILES string of the molecule is C/C(=C/C(=N/c1ccccc1)Sc1ccccc1)Sc1ccccc1. The van der Waals surface area contributed by atoms with E-state index in [4.69, 9.17) is 4.99 Å². The molecule has 0 amide bonds. The fourth-order valence-electron chi connectivity index (χ4n) is 2.20. The quantitative estimate of drug-likeness (QED) is 0.270. The van der Waals surface area contributed by atoms with Crippen LogP contribution < -0.4 is 0 Å². The monoisotopic (exact) mass is 361 g/mol. The Kier molecular flexibility index (Phi) is 6.55. The van der Waals surface area contributed by atoms with Gasteiger partial charge in [-0.15, -0.1) is 0 Å². The largest absolute Gasteiger partial charge is 0.242 e. The minimum absolute atomic E-state index is 0.967. The topological polar surface area (TPSA) is 12.4 Å². The summed E-state index contributed by atoms with van der Waals surface area (Å²) >= 11 is 3.44. The van der Waals surface area contributed by atoms with Crippen LogP contribution in [-0.4, -0.2) is 5.04 Å². The smallest absolute Gasteiger partial charge is 0.102 e. The number of nitrogens with zero attached hydrogens (tertiary/aromatic N) is 1. The molecule has 0 fully saturated rings. The predicted octanol–water partition coefficient (Wildman–Crippen LogP) is 7.21. The molecule has 25 heavy (non-hydrogen) atoms. The van der Waals surface area contributed by atoms with Crippen LogP contribution in [0.2, 0.25) is 0 Å². The molecule has 1 nitrogen and oxygen atoms in total. The average molecular weight is 362 g/mol. The highest BCUT2D eigenvalue weighted by Crippen LogP contribution is 2.29. The molecular formula is C22H19NS2. The van der Waals surface area contributed by atoms with E-state index in [2.05, 4.69) is 61.5 Å². The van der Waals surface area contributed by atoms with Crippen LogP contribution in [0.25, 0.3) is 0 Å². The number of thioether (sulfide) groups is 2. The van der Waals surface area contributed by atoms with Gasteiger partial charge < -0.3 is 0 Å². The lowest BCUT2D eigenvalue weighted by Crippen LogP contribution is -1.88. The Bertz CT molecular complexity index is 841. The maximum atomic E-state index is 4.83. The number of aliphatic imine (C=N–C) groups is 1. The molecule has 0 radical (unpaired) electrons. The van der Waals surface area contributed by atoms with Crippen molar-refractivity contribution < 1.29 is 0 Å². The van der Waals surface area contributed by atoms with Crippen molar-refractivity contribution in [2.75, 3.05) is 0 Å². The lowest BCUT2D eigenvalue weighted by atomic mass is 10.3. The first-order valence-electron chi connectivity index (χ1n) is 8.07. The minimum Gasteiger partial charge on any atom is -0.242 e. The normalized spacial score (nSPS) is 12.2. The highest BCUT2D eigenvalue weighted by atomic mass is 32.2. The van der Waals surface area contributed by atoms with Crippen LogP contribution in [0.15, 0.2) is 117 Å². The van der Waals surface area contributed by atoms with Gasteiger partial charge in [0.15, 0.2) is 0 Å². The lowest BCUT2D eigenvalue weighted by Gasteiger charge is -2.05. The fraction of sp³-hybridized carbons (Fsp3) is 0.0455. The molecule has 0 aliphatic heterocycles. The fourth-order valence-corrected chi connectivity index (χ4v) is 4.03. The summed E-state index contributed by atoms with van der Waals surface area (Å²) in [7, 11) is 0. The Labute approximate surface area is 157 Å². The second-order valence-electron chi connectivity index (χ2n) is 5.37. The molecule has 0 unspecified atom stereocenters. The maximum absolute atomic E-state index is 4.83. The summed E-state index contributed by atoms with van der Waals surface area (Å²) in [4.78, 5) is 8.46. The van der Waals surface area contributed by atoms with E-state index in [-0.39, 0.29) is 0 Å². The first kappa shape index (κ1) is 17.6. The van der Waals surface area contributed by atoms with E-state index in [0.29, 0.717) is 0 Å². The molecule has 3 heteroatoms. The van der Waals surface area contributed by atoms with Crippen LogP contribution in [0.3, 0.4) is 0 Å². The number of hydrogen-bond acceptors (Lipinski definition) is 3. The summed E-state index contributed by atoms with van der Waals surface area (Å²) in [5.41, 5.74) is 0.967. The Balaban J connectivity index is 1.85. The number of allylic oxidation sites excluding steroid dienone is 1. The zero-order valence-corrected chi connectivity index (χ0v) is 15.6.